The Labute approximate surface area is 179 Å². The van der Waals surface area contributed by atoms with Crippen LogP contribution in [0.5, 0.6) is 0 Å². The van der Waals surface area contributed by atoms with E-state index in [-0.39, 0.29) is 29.5 Å². The van der Waals surface area contributed by atoms with E-state index < -0.39 is 0 Å². The molecule has 3 nitrogen and oxygen atoms in total. The molecule has 1 heterocycles. The van der Waals surface area contributed by atoms with E-state index in [1.54, 1.807) is 12.1 Å². The summed E-state index contributed by atoms with van der Waals surface area (Å²) in [6.07, 6.45) is 1.15. The number of carbonyl (C=O) groups excluding carboxylic acids is 1. The van der Waals surface area contributed by atoms with Gasteiger partial charge in [0.1, 0.15) is 11.6 Å². The van der Waals surface area contributed by atoms with Gasteiger partial charge in [-0.2, -0.15) is 0 Å². The molecule has 0 amide bonds. The molecular formula is C25H20ClFN2O. The minimum atomic E-state index is -0.383. The topological polar surface area (TPSA) is 41.5 Å². The predicted molar refractivity (Wildman–Crippen MR) is 118 cm³/mol. The number of aliphatic imine (C=N–C) groups is 1. The third-order valence-corrected chi connectivity index (χ3v) is 6.24. The average Bonchev–Trinajstić information content (AvgIpc) is 2.91. The molecule has 1 saturated carbocycles. The van der Waals surface area contributed by atoms with Crippen LogP contribution in [0.1, 0.15) is 35.9 Å². The smallest absolute Gasteiger partial charge is 0.144 e. The number of benzene rings is 3. The molecule has 0 bridgehead atoms. The second-order valence-electron chi connectivity index (χ2n) is 7.89. The summed E-state index contributed by atoms with van der Waals surface area (Å²) in [5.74, 6) is -0.454. The Hall–Kier alpha value is -2.98. The minimum Gasteiger partial charge on any atom is -0.375 e. The SMILES string of the molecule is O=C1C[C@@H](c2ccc(Cl)cc2)CC2=Nc3ccccc3N[C@@H](c3ccc(F)cc3)[C@H]12. The van der Waals surface area contributed by atoms with E-state index in [4.69, 9.17) is 16.6 Å². The highest BCUT2D eigenvalue weighted by molar-refractivity contribution is 6.30. The summed E-state index contributed by atoms with van der Waals surface area (Å²) in [7, 11) is 0. The summed E-state index contributed by atoms with van der Waals surface area (Å²) in [4.78, 5) is 18.3. The zero-order chi connectivity index (χ0) is 20.7. The lowest BCUT2D eigenvalue weighted by Crippen LogP contribution is -2.38. The quantitative estimate of drug-likeness (QED) is 0.517. The van der Waals surface area contributed by atoms with Gasteiger partial charge in [-0.25, -0.2) is 4.39 Å². The van der Waals surface area contributed by atoms with Gasteiger partial charge in [-0.05, 0) is 59.9 Å². The van der Waals surface area contributed by atoms with Gasteiger partial charge in [0.05, 0.1) is 23.3 Å². The number of anilines is 1. The molecule has 30 heavy (non-hydrogen) atoms. The third kappa shape index (κ3) is 3.52. The van der Waals surface area contributed by atoms with Crippen molar-refractivity contribution in [3.8, 4) is 0 Å². The highest BCUT2D eigenvalue weighted by Gasteiger charge is 2.41. The monoisotopic (exact) mass is 418 g/mol. The number of nitrogens with one attached hydrogen (secondary N) is 1. The molecule has 5 rings (SSSR count). The van der Waals surface area contributed by atoms with E-state index in [2.05, 4.69) is 5.32 Å². The molecule has 0 unspecified atom stereocenters. The van der Waals surface area contributed by atoms with Crippen molar-refractivity contribution in [2.75, 3.05) is 5.32 Å². The van der Waals surface area contributed by atoms with Crippen LogP contribution in [-0.4, -0.2) is 11.5 Å². The Kier molecular flexibility index (Phi) is 4.87. The van der Waals surface area contributed by atoms with Crippen LogP contribution < -0.4 is 5.32 Å². The standard InChI is InChI=1S/C25H20ClFN2O/c26-18-9-5-15(6-10-18)17-13-22-24(23(30)14-17)25(16-7-11-19(27)12-8-16)29-21-4-2-1-3-20(21)28-22/h1-12,17,24-25,29H,13-14H2/t17-,24-,25-/m0/s1. The number of fused-ring (bicyclic) bond motifs is 2. The molecule has 1 aliphatic heterocycles. The summed E-state index contributed by atoms with van der Waals surface area (Å²) in [5, 5.41) is 4.19. The van der Waals surface area contributed by atoms with Crippen molar-refractivity contribution in [1.29, 1.82) is 0 Å². The van der Waals surface area contributed by atoms with Gasteiger partial charge in [0.25, 0.3) is 0 Å². The molecule has 5 heteroatoms. The molecular weight excluding hydrogens is 399 g/mol. The fraction of sp³-hybridized carbons (Fsp3) is 0.200. The van der Waals surface area contributed by atoms with Gasteiger partial charge in [0, 0.05) is 17.2 Å². The predicted octanol–water partition coefficient (Wildman–Crippen LogP) is 6.48. The highest BCUT2D eigenvalue weighted by atomic mass is 35.5. The van der Waals surface area contributed by atoms with Gasteiger partial charge >= 0.3 is 0 Å². The van der Waals surface area contributed by atoms with E-state index >= 15 is 0 Å². The van der Waals surface area contributed by atoms with Crippen LogP contribution in [-0.2, 0) is 4.79 Å². The van der Waals surface area contributed by atoms with E-state index in [0.717, 1.165) is 28.2 Å². The van der Waals surface area contributed by atoms with Crippen molar-refractivity contribution in [1.82, 2.24) is 0 Å². The number of rotatable bonds is 2. The second-order valence-corrected chi connectivity index (χ2v) is 8.33. The Morgan fingerprint density at radius 2 is 1.60 bits per heavy atom. The van der Waals surface area contributed by atoms with E-state index in [9.17, 15) is 9.18 Å². The van der Waals surface area contributed by atoms with Crippen LogP contribution in [0, 0.1) is 11.7 Å². The van der Waals surface area contributed by atoms with Crippen LogP contribution in [0.2, 0.25) is 5.02 Å². The lowest BCUT2D eigenvalue weighted by atomic mass is 9.72. The van der Waals surface area contributed by atoms with E-state index in [0.29, 0.717) is 17.9 Å². The van der Waals surface area contributed by atoms with Crippen LogP contribution in [0.4, 0.5) is 15.8 Å². The van der Waals surface area contributed by atoms with Crippen molar-refractivity contribution in [2.45, 2.75) is 24.8 Å². The van der Waals surface area contributed by atoms with Gasteiger partial charge in [-0.1, -0.05) is 48.0 Å². The molecule has 0 saturated heterocycles. The molecule has 0 spiro atoms. The first-order valence-corrected chi connectivity index (χ1v) is 10.4. The minimum absolute atomic E-state index is 0.0731. The molecule has 3 aromatic rings. The fourth-order valence-corrected chi connectivity index (χ4v) is 4.64. The molecule has 3 atom stereocenters. The first kappa shape index (κ1) is 19.0. The van der Waals surface area contributed by atoms with Gasteiger partial charge in [0.15, 0.2) is 0 Å². The molecule has 2 aliphatic rings. The van der Waals surface area contributed by atoms with E-state index in [1.807, 2.05) is 48.5 Å². The summed E-state index contributed by atoms with van der Waals surface area (Å²) in [6, 6.07) is 21.6. The highest BCUT2D eigenvalue weighted by Crippen LogP contribution is 2.44. The number of halogens is 2. The van der Waals surface area contributed by atoms with Gasteiger partial charge in [-0.15, -0.1) is 0 Å². The van der Waals surface area contributed by atoms with Crippen molar-refractivity contribution in [3.63, 3.8) is 0 Å². The molecule has 1 fully saturated rings. The number of hydrogen-bond acceptors (Lipinski definition) is 3. The number of ketones is 1. The molecule has 0 aromatic heterocycles. The maximum Gasteiger partial charge on any atom is 0.144 e. The molecule has 1 N–H and O–H groups in total. The number of para-hydroxylation sites is 2. The lowest BCUT2D eigenvalue weighted by molar-refractivity contribution is -0.122. The lowest BCUT2D eigenvalue weighted by Gasteiger charge is -2.34. The number of nitrogens with zero attached hydrogens (tertiary/aromatic N) is 1. The molecule has 150 valence electrons. The summed E-state index contributed by atoms with van der Waals surface area (Å²) >= 11 is 6.04. The zero-order valence-corrected chi connectivity index (χ0v) is 16.9. The third-order valence-electron chi connectivity index (χ3n) is 5.99. The number of Topliss-reactive ketones (excluding diaryl/α,β-unsaturated/α-hetero) is 1. The molecule has 3 aromatic carbocycles. The first-order valence-electron chi connectivity index (χ1n) is 10.0. The Balaban J connectivity index is 1.58. The maximum absolute atomic E-state index is 13.5. The van der Waals surface area contributed by atoms with Crippen LogP contribution in [0.3, 0.4) is 0 Å². The van der Waals surface area contributed by atoms with Crippen LogP contribution >= 0.6 is 11.6 Å². The van der Waals surface area contributed by atoms with Crippen molar-refractivity contribution in [3.05, 3.63) is 94.8 Å². The van der Waals surface area contributed by atoms with Crippen molar-refractivity contribution >= 4 is 34.5 Å². The van der Waals surface area contributed by atoms with Gasteiger partial charge < -0.3 is 5.32 Å². The second kappa shape index (κ2) is 7.69. The fourth-order valence-electron chi connectivity index (χ4n) is 4.52. The summed E-state index contributed by atoms with van der Waals surface area (Å²) in [6.45, 7) is 0. The van der Waals surface area contributed by atoms with Crippen LogP contribution in [0.15, 0.2) is 77.8 Å². The summed E-state index contributed by atoms with van der Waals surface area (Å²) < 4.78 is 13.5. The zero-order valence-electron chi connectivity index (χ0n) is 16.2. The summed E-state index contributed by atoms with van der Waals surface area (Å²) in [5.41, 5.74) is 4.55. The normalized spacial score (nSPS) is 22.9. The maximum atomic E-state index is 13.5. The van der Waals surface area contributed by atoms with Gasteiger partial charge in [0.2, 0.25) is 0 Å². The largest absolute Gasteiger partial charge is 0.375 e. The van der Waals surface area contributed by atoms with E-state index in [1.165, 1.54) is 12.1 Å². The van der Waals surface area contributed by atoms with Gasteiger partial charge in [-0.3, -0.25) is 9.79 Å². The number of hydrogen-bond donors (Lipinski definition) is 1. The molecule has 1 aliphatic carbocycles. The molecule has 0 radical (unpaired) electrons. The Morgan fingerprint density at radius 1 is 0.900 bits per heavy atom. The first-order chi connectivity index (χ1) is 14.6. The van der Waals surface area contributed by atoms with Crippen LogP contribution in [0.25, 0.3) is 0 Å². The average molecular weight is 419 g/mol. The Bertz CT molecular complexity index is 1120. The van der Waals surface area contributed by atoms with Crippen molar-refractivity contribution in [2.24, 2.45) is 10.9 Å². The number of carbonyl (C=O) groups is 1. The Morgan fingerprint density at radius 3 is 2.37 bits per heavy atom. The van der Waals surface area contributed by atoms with Crippen molar-refractivity contribution < 1.29 is 9.18 Å².